The van der Waals surface area contributed by atoms with E-state index in [1.165, 1.54) is 25.0 Å². The average molecular weight is 320 g/mol. The molecule has 1 aromatic rings. The molecular weight excluding hydrogens is 301 g/mol. The predicted molar refractivity (Wildman–Crippen MR) is 85.3 cm³/mol. The van der Waals surface area contributed by atoms with Gasteiger partial charge < -0.3 is 0 Å². The van der Waals surface area contributed by atoms with Gasteiger partial charge in [-0.2, -0.15) is 25.8 Å². The molecule has 0 aromatic heterocycles. The summed E-state index contributed by atoms with van der Waals surface area (Å²) in [7, 11) is 0. The van der Waals surface area contributed by atoms with Crippen LogP contribution >= 0.6 is 24.4 Å². The van der Waals surface area contributed by atoms with E-state index in [-0.39, 0.29) is 0 Å². The first-order chi connectivity index (χ1) is 9.54. The molecule has 1 aromatic carbocycles. The molecule has 0 aliphatic rings. The number of hydrogen-bond acceptors (Lipinski definition) is 2. The Labute approximate surface area is 128 Å². The summed E-state index contributed by atoms with van der Waals surface area (Å²) in [6.45, 7) is 0. The maximum Gasteiger partial charge on any atom is 0.416 e. The van der Waals surface area contributed by atoms with Crippen molar-refractivity contribution in [2.75, 3.05) is 11.5 Å². The second-order valence-electron chi connectivity index (χ2n) is 4.43. The Morgan fingerprint density at radius 1 is 1.00 bits per heavy atom. The maximum absolute atomic E-state index is 12.4. The van der Waals surface area contributed by atoms with Gasteiger partial charge in [-0.25, -0.2) is 0 Å². The SMILES string of the molecule is FC(F)(F)c1ccc(/C=C/SCCCCCCS)cc1. The number of benzene rings is 1. The van der Waals surface area contributed by atoms with Gasteiger partial charge >= 0.3 is 6.18 Å². The molecule has 0 N–H and O–H groups in total. The third kappa shape index (κ3) is 7.29. The highest BCUT2D eigenvalue weighted by Crippen LogP contribution is 2.29. The minimum atomic E-state index is -4.26. The highest BCUT2D eigenvalue weighted by molar-refractivity contribution is 8.02. The lowest BCUT2D eigenvalue weighted by molar-refractivity contribution is -0.137. The zero-order valence-corrected chi connectivity index (χ0v) is 12.9. The Kier molecular flexibility index (Phi) is 8.22. The second kappa shape index (κ2) is 9.40. The highest BCUT2D eigenvalue weighted by atomic mass is 32.2. The van der Waals surface area contributed by atoms with E-state index in [4.69, 9.17) is 0 Å². The van der Waals surface area contributed by atoms with Crippen molar-refractivity contribution in [3.05, 3.63) is 40.8 Å². The van der Waals surface area contributed by atoms with Crippen LogP contribution in [0.2, 0.25) is 0 Å². The predicted octanol–water partition coefficient (Wildman–Crippen LogP) is 5.90. The molecule has 0 spiro atoms. The number of hydrogen-bond donors (Lipinski definition) is 1. The molecule has 112 valence electrons. The number of thiol groups is 1. The first-order valence-corrected chi connectivity index (χ1v) is 8.28. The first-order valence-electron chi connectivity index (χ1n) is 6.60. The van der Waals surface area contributed by atoms with Crippen LogP contribution in [-0.4, -0.2) is 11.5 Å². The van der Waals surface area contributed by atoms with Crippen LogP contribution in [0.25, 0.3) is 6.08 Å². The molecule has 0 heterocycles. The third-order valence-corrected chi connectivity index (χ3v) is 3.93. The van der Waals surface area contributed by atoms with E-state index in [1.807, 2.05) is 11.5 Å². The van der Waals surface area contributed by atoms with E-state index in [1.54, 1.807) is 11.8 Å². The van der Waals surface area contributed by atoms with Crippen LogP contribution < -0.4 is 0 Å². The van der Waals surface area contributed by atoms with Gasteiger partial charge in [0.05, 0.1) is 5.56 Å². The van der Waals surface area contributed by atoms with E-state index in [0.29, 0.717) is 0 Å². The van der Waals surface area contributed by atoms with E-state index in [0.717, 1.165) is 42.0 Å². The molecule has 0 aliphatic heterocycles. The van der Waals surface area contributed by atoms with Gasteiger partial charge in [0.2, 0.25) is 0 Å². The van der Waals surface area contributed by atoms with Gasteiger partial charge in [0, 0.05) is 0 Å². The molecule has 0 amide bonds. The monoisotopic (exact) mass is 320 g/mol. The van der Waals surface area contributed by atoms with Crippen LogP contribution in [0.1, 0.15) is 36.8 Å². The van der Waals surface area contributed by atoms with Crippen LogP contribution in [0, 0.1) is 0 Å². The van der Waals surface area contributed by atoms with Crippen LogP contribution in [0.4, 0.5) is 13.2 Å². The molecule has 0 nitrogen and oxygen atoms in total. The zero-order chi connectivity index (χ0) is 14.8. The fourth-order valence-electron chi connectivity index (χ4n) is 1.63. The third-order valence-electron chi connectivity index (χ3n) is 2.77. The van der Waals surface area contributed by atoms with Crippen molar-refractivity contribution in [2.45, 2.75) is 31.9 Å². The van der Waals surface area contributed by atoms with Crippen LogP contribution in [0.3, 0.4) is 0 Å². The zero-order valence-electron chi connectivity index (χ0n) is 11.2. The van der Waals surface area contributed by atoms with Crippen LogP contribution in [0.15, 0.2) is 29.7 Å². The minimum absolute atomic E-state index is 0.605. The Morgan fingerprint density at radius 3 is 2.25 bits per heavy atom. The summed E-state index contributed by atoms with van der Waals surface area (Å²) in [4.78, 5) is 0. The maximum atomic E-state index is 12.4. The van der Waals surface area contributed by atoms with Crippen molar-refractivity contribution in [3.8, 4) is 0 Å². The fourth-order valence-corrected chi connectivity index (χ4v) is 2.61. The molecular formula is C15H19F3S2. The van der Waals surface area contributed by atoms with E-state index in [9.17, 15) is 13.2 Å². The van der Waals surface area contributed by atoms with Gasteiger partial charge in [-0.1, -0.05) is 25.0 Å². The molecule has 0 fully saturated rings. The van der Waals surface area contributed by atoms with Gasteiger partial charge in [0.15, 0.2) is 0 Å². The van der Waals surface area contributed by atoms with Crippen LogP contribution in [-0.2, 0) is 6.18 Å². The Morgan fingerprint density at radius 2 is 1.65 bits per heavy atom. The molecule has 0 unspecified atom stereocenters. The number of halogens is 3. The van der Waals surface area contributed by atoms with Gasteiger partial charge in [0.1, 0.15) is 0 Å². The van der Waals surface area contributed by atoms with Crippen molar-refractivity contribution >= 4 is 30.5 Å². The summed E-state index contributed by atoms with van der Waals surface area (Å²) < 4.78 is 37.1. The Bertz CT molecular complexity index is 397. The minimum Gasteiger partial charge on any atom is -0.179 e. The molecule has 0 bridgehead atoms. The average Bonchev–Trinajstić information content (AvgIpc) is 2.41. The van der Waals surface area contributed by atoms with Crippen molar-refractivity contribution in [3.63, 3.8) is 0 Å². The van der Waals surface area contributed by atoms with Gasteiger partial charge in [0.25, 0.3) is 0 Å². The summed E-state index contributed by atoms with van der Waals surface area (Å²) in [6, 6.07) is 5.21. The molecule has 0 saturated carbocycles. The first kappa shape index (κ1) is 17.5. The quantitative estimate of drug-likeness (QED) is 0.459. The lowest BCUT2D eigenvalue weighted by Crippen LogP contribution is -2.03. The topological polar surface area (TPSA) is 0 Å². The number of rotatable bonds is 8. The molecule has 0 saturated heterocycles. The number of unbranched alkanes of at least 4 members (excludes halogenated alkanes) is 3. The molecule has 20 heavy (non-hydrogen) atoms. The summed E-state index contributed by atoms with van der Waals surface area (Å²) >= 11 is 5.85. The molecule has 0 radical (unpaired) electrons. The molecule has 0 atom stereocenters. The molecule has 1 rings (SSSR count). The standard InChI is InChI=1S/C15H19F3S2/c16-15(17,18)14-7-5-13(6-8-14)9-12-20-11-4-2-1-3-10-19/h5-9,12,19H,1-4,10-11H2/b12-9+. The van der Waals surface area contributed by atoms with E-state index < -0.39 is 11.7 Å². The number of alkyl halides is 3. The molecule has 0 aliphatic carbocycles. The summed E-state index contributed by atoms with van der Waals surface area (Å²) in [5.41, 5.74) is 0.187. The van der Waals surface area contributed by atoms with E-state index >= 15 is 0 Å². The fraction of sp³-hybridized carbons (Fsp3) is 0.467. The lowest BCUT2D eigenvalue weighted by atomic mass is 10.1. The van der Waals surface area contributed by atoms with Crippen molar-refractivity contribution in [2.24, 2.45) is 0 Å². The Balaban J connectivity index is 2.25. The largest absolute Gasteiger partial charge is 0.416 e. The molecule has 5 heteroatoms. The second-order valence-corrected chi connectivity index (χ2v) is 5.89. The van der Waals surface area contributed by atoms with Gasteiger partial charge in [-0.3, -0.25) is 0 Å². The Hall–Kier alpha value is -0.550. The van der Waals surface area contributed by atoms with E-state index in [2.05, 4.69) is 12.6 Å². The smallest absolute Gasteiger partial charge is 0.179 e. The van der Waals surface area contributed by atoms with Crippen molar-refractivity contribution in [1.29, 1.82) is 0 Å². The highest BCUT2D eigenvalue weighted by Gasteiger charge is 2.29. The van der Waals surface area contributed by atoms with Crippen molar-refractivity contribution in [1.82, 2.24) is 0 Å². The van der Waals surface area contributed by atoms with Gasteiger partial charge in [-0.05, 0) is 53.5 Å². The number of thioether (sulfide) groups is 1. The van der Waals surface area contributed by atoms with Crippen LogP contribution in [0.5, 0.6) is 0 Å². The summed E-state index contributed by atoms with van der Waals surface area (Å²) in [5, 5.41) is 1.95. The van der Waals surface area contributed by atoms with Gasteiger partial charge in [-0.15, -0.1) is 11.8 Å². The summed E-state index contributed by atoms with van der Waals surface area (Å²) in [5.74, 6) is 1.99. The van der Waals surface area contributed by atoms with Crippen molar-refractivity contribution < 1.29 is 13.2 Å². The summed E-state index contributed by atoms with van der Waals surface area (Å²) in [6.07, 6.45) is 2.34. The normalized spacial score (nSPS) is 12.2. The lowest BCUT2D eigenvalue weighted by Gasteiger charge is -2.05.